The Bertz CT molecular complexity index is 507. The Labute approximate surface area is 108 Å². The fourth-order valence-electron chi connectivity index (χ4n) is 1.62. The average Bonchev–Trinajstić information content (AvgIpc) is 2.48. The molecular weight excluding hydrogens is 254 g/mol. The summed E-state index contributed by atoms with van der Waals surface area (Å²) in [4.78, 5) is 2.08. The molecule has 18 heavy (non-hydrogen) atoms. The third-order valence-corrected chi connectivity index (χ3v) is 4.27. The van der Waals surface area contributed by atoms with Crippen molar-refractivity contribution in [3.63, 3.8) is 0 Å². The Morgan fingerprint density at radius 2 is 2.06 bits per heavy atom. The zero-order valence-electron chi connectivity index (χ0n) is 11.3. The summed E-state index contributed by atoms with van der Waals surface area (Å²) in [6.07, 6.45) is 0.742. The first kappa shape index (κ1) is 14.9. The van der Waals surface area contributed by atoms with E-state index in [1.807, 2.05) is 19.0 Å². The van der Waals surface area contributed by atoms with E-state index in [1.165, 1.54) is 4.68 Å². The van der Waals surface area contributed by atoms with Crippen LogP contribution in [0.2, 0.25) is 0 Å². The molecule has 1 heterocycles. The Kier molecular flexibility index (Phi) is 4.71. The molecule has 0 amide bonds. The highest BCUT2D eigenvalue weighted by Crippen LogP contribution is 2.20. The van der Waals surface area contributed by atoms with E-state index < -0.39 is 10.0 Å². The van der Waals surface area contributed by atoms with Gasteiger partial charge in [-0.3, -0.25) is 4.68 Å². The highest BCUT2D eigenvalue weighted by Gasteiger charge is 2.23. The number of aromatic nitrogens is 2. The molecule has 0 atom stereocenters. The van der Waals surface area contributed by atoms with Gasteiger partial charge in [-0.15, -0.1) is 0 Å². The molecule has 3 N–H and O–H groups in total. The summed E-state index contributed by atoms with van der Waals surface area (Å²) < 4.78 is 28.1. The van der Waals surface area contributed by atoms with Crippen LogP contribution in [0.15, 0.2) is 4.90 Å². The second-order valence-corrected chi connectivity index (χ2v) is 6.18. The molecule has 8 heteroatoms. The first-order valence-corrected chi connectivity index (χ1v) is 7.17. The Balaban J connectivity index is 2.75. The van der Waals surface area contributed by atoms with Crippen molar-refractivity contribution in [3.8, 4) is 0 Å². The van der Waals surface area contributed by atoms with Crippen molar-refractivity contribution in [2.75, 3.05) is 32.9 Å². The lowest BCUT2D eigenvalue weighted by molar-refractivity contribution is 0.400. The van der Waals surface area contributed by atoms with Gasteiger partial charge in [-0.2, -0.15) is 5.10 Å². The maximum absolute atomic E-state index is 12.1. The molecule has 7 nitrogen and oxygen atoms in total. The second-order valence-electron chi connectivity index (χ2n) is 4.48. The SMILES string of the molecule is Cc1c(S(=O)(=O)NCCCN(C)C)c(N)nn1C. The molecule has 1 rings (SSSR count). The molecule has 0 saturated carbocycles. The Morgan fingerprint density at radius 1 is 1.44 bits per heavy atom. The number of aryl methyl sites for hydroxylation is 1. The molecular formula is C10H21N5O2S. The molecule has 1 aromatic heterocycles. The molecule has 0 aliphatic rings. The summed E-state index contributed by atoms with van der Waals surface area (Å²) in [7, 11) is 1.97. The second kappa shape index (κ2) is 5.68. The van der Waals surface area contributed by atoms with Crippen LogP contribution in [0.3, 0.4) is 0 Å². The molecule has 0 aromatic carbocycles. The lowest BCUT2D eigenvalue weighted by Crippen LogP contribution is -2.28. The first-order valence-electron chi connectivity index (χ1n) is 5.69. The van der Waals surface area contributed by atoms with Crippen LogP contribution in [0.5, 0.6) is 0 Å². The minimum atomic E-state index is -3.58. The minimum Gasteiger partial charge on any atom is -0.381 e. The molecule has 104 valence electrons. The smallest absolute Gasteiger partial charge is 0.246 e. The number of nitrogens with zero attached hydrogens (tertiary/aromatic N) is 3. The number of nitrogens with one attached hydrogen (secondary N) is 1. The van der Waals surface area contributed by atoms with Gasteiger partial charge in [0.25, 0.3) is 0 Å². The van der Waals surface area contributed by atoms with Crippen LogP contribution >= 0.6 is 0 Å². The van der Waals surface area contributed by atoms with Crippen molar-refractivity contribution in [2.24, 2.45) is 7.05 Å². The van der Waals surface area contributed by atoms with Gasteiger partial charge in [0.05, 0.1) is 5.69 Å². The van der Waals surface area contributed by atoms with Crippen LogP contribution in [0.25, 0.3) is 0 Å². The van der Waals surface area contributed by atoms with Gasteiger partial charge >= 0.3 is 0 Å². The number of nitrogens with two attached hydrogens (primary N) is 1. The maximum Gasteiger partial charge on any atom is 0.246 e. The molecule has 0 bridgehead atoms. The van der Waals surface area contributed by atoms with Crippen molar-refractivity contribution in [3.05, 3.63) is 5.69 Å². The topological polar surface area (TPSA) is 93.2 Å². The third kappa shape index (κ3) is 3.44. The van der Waals surface area contributed by atoms with Gasteiger partial charge in [-0.05, 0) is 34.0 Å². The number of nitrogen functional groups attached to an aromatic ring is 1. The van der Waals surface area contributed by atoms with Gasteiger partial charge in [0.15, 0.2) is 5.82 Å². The molecule has 0 radical (unpaired) electrons. The number of rotatable bonds is 6. The zero-order valence-corrected chi connectivity index (χ0v) is 12.1. The standard InChI is InChI=1S/C10H21N5O2S/c1-8-9(10(11)13-15(8)4)18(16,17)12-6-5-7-14(2)3/h12H,5-7H2,1-4H3,(H2,11,13). The first-order chi connectivity index (χ1) is 8.25. The van der Waals surface area contributed by atoms with E-state index in [2.05, 4.69) is 9.82 Å². The average molecular weight is 275 g/mol. The monoisotopic (exact) mass is 275 g/mol. The van der Waals surface area contributed by atoms with Gasteiger partial charge in [0.2, 0.25) is 10.0 Å². The normalized spacial score (nSPS) is 12.3. The van der Waals surface area contributed by atoms with Crippen LogP contribution in [0.1, 0.15) is 12.1 Å². The molecule has 0 unspecified atom stereocenters. The van der Waals surface area contributed by atoms with Gasteiger partial charge in [-0.25, -0.2) is 13.1 Å². The summed E-state index contributed by atoms with van der Waals surface area (Å²) in [5.41, 5.74) is 6.16. The largest absolute Gasteiger partial charge is 0.381 e. The quantitative estimate of drug-likeness (QED) is 0.685. The fourth-order valence-corrected chi connectivity index (χ4v) is 3.02. The molecule has 1 aromatic rings. The van der Waals surface area contributed by atoms with E-state index in [4.69, 9.17) is 5.73 Å². The minimum absolute atomic E-state index is 0.0371. The molecule has 0 spiro atoms. The predicted octanol–water partition coefficient (Wildman–Crippen LogP) is -0.459. The van der Waals surface area contributed by atoms with Crippen LogP contribution in [0, 0.1) is 6.92 Å². The van der Waals surface area contributed by atoms with E-state index in [9.17, 15) is 8.42 Å². The van der Waals surface area contributed by atoms with Crippen molar-refractivity contribution in [1.29, 1.82) is 0 Å². The van der Waals surface area contributed by atoms with Gasteiger partial charge < -0.3 is 10.6 Å². The summed E-state index contributed by atoms with van der Waals surface area (Å²) in [5, 5.41) is 3.90. The number of hydrogen-bond acceptors (Lipinski definition) is 5. The highest BCUT2D eigenvalue weighted by atomic mass is 32.2. The van der Waals surface area contributed by atoms with Gasteiger partial charge in [0, 0.05) is 13.6 Å². The molecule has 0 fully saturated rings. The van der Waals surface area contributed by atoms with Crippen molar-refractivity contribution < 1.29 is 8.42 Å². The summed E-state index contributed by atoms with van der Waals surface area (Å²) in [6, 6.07) is 0. The molecule has 0 aliphatic heterocycles. The van der Waals surface area contributed by atoms with Gasteiger partial charge in [-0.1, -0.05) is 0 Å². The Morgan fingerprint density at radius 3 is 2.50 bits per heavy atom. The lowest BCUT2D eigenvalue weighted by Gasteiger charge is -2.10. The fraction of sp³-hybridized carbons (Fsp3) is 0.700. The summed E-state index contributed by atoms with van der Waals surface area (Å²) in [5.74, 6) is 0.0371. The molecule has 0 saturated heterocycles. The van der Waals surface area contributed by atoms with E-state index in [1.54, 1.807) is 14.0 Å². The zero-order chi connectivity index (χ0) is 13.9. The van der Waals surface area contributed by atoms with Crippen LogP contribution in [0.4, 0.5) is 5.82 Å². The number of sulfonamides is 1. The van der Waals surface area contributed by atoms with Crippen molar-refractivity contribution in [2.45, 2.75) is 18.2 Å². The summed E-state index contributed by atoms with van der Waals surface area (Å²) in [6.45, 7) is 2.88. The van der Waals surface area contributed by atoms with Gasteiger partial charge in [0.1, 0.15) is 4.90 Å². The van der Waals surface area contributed by atoms with Crippen LogP contribution in [-0.4, -0.2) is 50.3 Å². The third-order valence-electron chi connectivity index (χ3n) is 2.65. The van der Waals surface area contributed by atoms with E-state index >= 15 is 0 Å². The van der Waals surface area contributed by atoms with Crippen molar-refractivity contribution in [1.82, 2.24) is 19.4 Å². The Hall–Kier alpha value is -1.12. The highest BCUT2D eigenvalue weighted by molar-refractivity contribution is 7.89. The van der Waals surface area contributed by atoms with Crippen LogP contribution < -0.4 is 10.5 Å². The van der Waals surface area contributed by atoms with E-state index in [0.717, 1.165) is 13.0 Å². The number of anilines is 1. The number of hydrogen-bond donors (Lipinski definition) is 2. The maximum atomic E-state index is 12.1. The lowest BCUT2D eigenvalue weighted by atomic mass is 10.4. The molecule has 0 aliphatic carbocycles. The van der Waals surface area contributed by atoms with E-state index in [-0.39, 0.29) is 10.7 Å². The van der Waals surface area contributed by atoms with Crippen LogP contribution in [-0.2, 0) is 17.1 Å². The van der Waals surface area contributed by atoms with E-state index in [0.29, 0.717) is 12.2 Å². The predicted molar refractivity (Wildman–Crippen MR) is 70.7 cm³/mol. The summed E-state index contributed by atoms with van der Waals surface area (Å²) >= 11 is 0. The van der Waals surface area contributed by atoms with Crippen molar-refractivity contribution >= 4 is 15.8 Å².